The van der Waals surface area contributed by atoms with E-state index < -0.39 is 133 Å². The van der Waals surface area contributed by atoms with E-state index in [0.29, 0.717) is 63.9 Å². The maximum Gasteiger partial charge on any atom is 0.343 e. The van der Waals surface area contributed by atoms with Crippen LogP contribution >= 0.6 is 0 Å². The van der Waals surface area contributed by atoms with E-state index in [2.05, 4.69) is 37.4 Å². The molecule has 1 saturated heterocycles. The Labute approximate surface area is 483 Å². The summed E-state index contributed by atoms with van der Waals surface area (Å²) in [6, 6.07) is 8.52. The van der Waals surface area contributed by atoms with Gasteiger partial charge in [-0.3, -0.25) is 62.5 Å². The number of amides is 10. The van der Waals surface area contributed by atoms with Crippen LogP contribution in [0.25, 0.3) is 22.3 Å². The molecule has 8 N–H and O–H groups in total. The minimum atomic E-state index is -2.07. The standard InChI is InChI=1S/C57H62FN11O16/c1-3-57(82)35-21-41-52-33(27-69(41)55(80)34(35)28-84-56(57)81)51-37(12-11-32-30(2)36(58)22-38(65-52)50(32)51)63-46(74)29-85-66-54(79)40-10-7-16-67(40)49(77)26-61-44(72)24-62-53(78)39(20-31-8-5-4-6-9-31)64-45(73)25-60-43(71)23-59-42(70)15-18-83-19-17-68-47(75)13-14-48(68)76/h4-6,8-9,13-14,21-22,37,39-40,82H,3,7,10-12,15-20,23-29H2,1-2H3,(H,59,70)(H,60,71)(H,61,72)(H,62,78)(H,63,74)(H,64,73)(H,66,79)/t37-,39?,40?,57-/m0/s1. The first-order valence-corrected chi connectivity index (χ1v) is 27.6. The number of hydroxylamine groups is 1. The zero-order valence-electron chi connectivity index (χ0n) is 46.4. The number of aliphatic hydroxyl groups is 1. The molecule has 9 rings (SSSR count). The van der Waals surface area contributed by atoms with E-state index in [1.807, 2.05) is 0 Å². The Morgan fingerprint density at radius 2 is 1.55 bits per heavy atom. The predicted molar refractivity (Wildman–Crippen MR) is 293 cm³/mol. The van der Waals surface area contributed by atoms with Crippen LogP contribution in [0.2, 0.25) is 0 Å². The van der Waals surface area contributed by atoms with Crippen LogP contribution in [0.3, 0.4) is 0 Å². The van der Waals surface area contributed by atoms with E-state index >= 15 is 4.39 Å². The summed E-state index contributed by atoms with van der Waals surface area (Å²) in [6.45, 7) is 0.189. The number of carbonyl (C=O) groups excluding carboxylic acids is 11. The molecular formula is C57H62FN11O16. The minimum absolute atomic E-state index is 0.00751. The molecular weight excluding hydrogens is 1110 g/mol. The zero-order valence-corrected chi connectivity index (χ0v) is 46.4. The van der Waals surface area contributed by atoms with Gasteiger partial charge in [0, 0.05) is 54.1 Å². The number of pyridine rings is 2. The Kier molecular flexibility index (Phi) is 18.5. The van der Waals surface area contributed by atoms with Crippen molar-refractivity contribution in [1.29, 1.82) is 0 Å². The third-order valence-electron chi connectivity index (χ3n) is 15.5. The van der Waals surface area contributed by atoms with Crippen LogP contribution in [0.5, 0.6) is 0 Å². The zero-order chi connectivity index (χ0) is 60.7. The van der Waals surface area contributed by atoms with E-state index in [1.54, 1.807) is 50.2 Å². The number of aryl methyl sites for hydroxylation is 1. The van der Waals surface area contributed by atoms with Crippen LogP contribution in [-0.4, -0.2) is 161 Å². The van der Waals surface area contributed by atoms with Gasteiger partial charge in [0.15, 0.2) is 12.2 Å². The number of ether oxygens (including phenoxy) is 2. The number of esters is 1. The largest absolute Gasteiger partial charge is 0.458 e. The number of hydrogen-bond donors (Lipinski definition) is 8. The summed E-state index contributed by atoms with van der Waals surface area (Å²) in [7, 11) is 0. The number of rotatable bonds is 24. The minimum Gasteiger partial charge on any atom is -0.458 e. The lowest BCUT2D eigenvalue weighted by Gasteiger charge is -2.31. The summed E-state index contributed by atoms with van der Waals surface area (Å²) in [5.41, 5.74) is 3.78. The van der Waals surface area contributed by atoms with Crippen LogP contribution < -0.4 is 42.9 Å². The van der Waals surface area contributed by atoms with E-state index in [0.717, 1.165) is 17.1 Å². The van der Waals surface area contributed by atoms with Crippen molar-refractivity contribution >= 4 is 75.9 Å². The van der Waals surface area contributed by atoms with Gasteiger partial charge in [-0.25, -0.2) is 19.6 Å². The van der Waals surface area contributed by atoms with Crippen molar-refractivity contribution in [2.45, 2.75) is 95.7 Å². The van der Waals surface area contributed by atoms with Gasteiger partial charge in [0.2, 0.25) is 41.4 Å². The molecule has 4 atom stereocenters. The number of aromatic nitrogens is 2. The summed E-state index contributed by atoms with van der Waals surface area (Å²) >= 11 is 0. The third-order valence-corrected chi connectivity index (χ3v) is 15.5. The van der Waals surface area contributed by atoms with Gasteiger partial charge < -0.3 is 55.9 Å². The summed E-state index contributed by atoms with van der Waals surface area (Å²) in [5.74, 6) is -7.85. The van der Waals surface area contributed by atoms with Gasteiger partial charge in [0.05, 0.1) is 81.0 Å². The lowest BCUT2D eigenvalue weighted by molar-refractivity contribution is -0.172. The molecule has 4 aliphatic heterocycles. The Bertz CT molecular complexity index is 3500. The highest BCUT2D eigenvalue weighted by atomic mass is 19.1. The molecule has 2 unspecified atom stereocenters. The van der Waals surface area contributed by atoms with Crippen LogP contribution in [-0.2, 0) is 98.6 Å². The SMILES string of the molecule is CC[C@@]1(O)C(=O)OCc2c1cc1n(c2=O)Cc2c-1nc1cc(F)c(C)c3c1c2[C@@H](NC(=O)CONC(=O)C1CCCN1C(=O)CNC(=O)CNC(=O)C(Cc1ccccc1)NC(=O)CNC(=O)CNC(=O)CCOCCN1C(=O)C=CC1=O)CC3. The number of likely N-dealkylation sites (tertiary alicyclic amines) is 1. The van der Waals surface area contributed by atoms with Crippen molar-refractivity contribution in [2.24, 2.45) is 0 Å². The molecule has 0 saturated carbocycles. The summed E-state index contributed by atoms with van der Waals surface area (Å²) in [5, 5.41) is 27.1. The van der Waals surface area contributed by atoms with E-state index in [9.17, 15) is 62.6 Å². The average Bonchev–Trinajstić information content (AvgIpc) is 1.69. The van der Waals surface area contributed by atoms with Crippen LogP contribution in [0.1, 0.15) is 84.0 Å². The first kappa shape index (κ1) is 60.3. The number of hydrogen-bond acceptors (Lipinski definition) is 17. The maximum atomic E-state index is 15.4. The molecule has 2 aromatic carbocycles. The van der Waals surface area contributed by atoms with Crippen LogP contribution in [0, 0.1) is 12.7 Å². The molecule has 1 aliphatic carbocycles. The summed E-state index contributed by atoms with van der Waals surface area (Å²) < 4.78 is 27.4. The molecule has 448 valence electrons. The molecule has 4 aromatic rings. The van der Waals surface area contributed by atoms with E-state index in [-0.39, 0.29) is 81.8 Å². The Balaban J connectivity index is 0.724. The number of cyclic esters (lactones) is 1. The molecule has 1 fully saturated rings. The second kappa shape index (κ2) is 26.1. The van der Waals surface area contributed by atoms with Gasteiger partial charge in [0.25, 0.3) is 23.3 Å². The molecule has 28 heteroatoms. The molecule has 0 radical (unpaired) electrons. The molecule has 10 amide bonds. The third kappa shape index (κ3) is 13.2. The number of fused-ring (bicyclic) bond motifs is 5. The number of imide groups is 1. The highest BCUT2D eigenvalue weighted by Gasteiger charge is 2.46. The Morgan fingerprint density at radius 3 is 2.29 bits per heavy atom. The van der Waals surface area contributed by atoms with Gasteiger partial charge in [-0.2, -0.15) is 0 Å². The van der Waals surface area contributed by atoms with Crippen molar-refractivity contribution in [2.75, 3.05) is 59.1 Å². The van der Waals surface area contributed by atoms with Gasteiger partial charge in [-0.1, -0.05) is 37.3 Å². The number of nitrogens with zero attached hydrogens (tertiary/aromatic N) is 4. The number of benzene rings is 2. The monoisotopic (exact) mass is 1180 g/mol. The topological polar surface area (TPSA) is 361 Å². The summed E-state index contributed by atoms with van der Waals surface area (Å²) in [4.78, 5) is 167. The molecule has 2 aromatic heterocycles. The maximum absolute atomic E-state index is 15.4. The van der Waals surface area contributed by atoms with Crippen molar-refractivity contribution in [3.63, 3.8) is 0 Å². The van der Waals surface area contributed by atoms with Gasteiger partial charge >= 0.3 is 5.97 Å². The average molecular weight is 1180 g/mol. The quantitative estimate of drug-likeness (QED) is 0.0146. The highest BCUT2D eigenvalue weighted by Crippen LogP contribution is 2.46. The van der Waals surface area contributed by atoms with E-state index in [4.69, 9.17) is 19.3 Å². The number of nitrogens with one attached hydrogen (secondary N) is 7. The van der Waals surface area contributed by atoms with E-state index in [1.165, 1.54) is 15.5 Å². The van der Waals surface area contributed by atoms with Crippen molar-refractivity contribution < 1.29 is 76.5 Å². The second-order valence-electron chi connectivity index (χ2n) is 20.9. The molecule has 5 aliphatic rings. The molecule has 27 nitrogen and oxygen atoms in total. The Morgan fingerprint density at radius 1 is 0.847 bits per heavy atom. The second-order valence-corrected chi connectivity index (χ2v) is 20.9. The Hall–Kier alpha value is -9.28. The smallest absolute Gasteiger partial charge is 0.343 e. The fourth-order valence-electron chi connectivity index (χ4n) is 11.0. The predicted octanol–water partition coefficient (Wildman–Crippen LogP) is -1.81. The summed E-state index contributed by atoms with van der Waals surface area (Å²) in [6.07, 6.45) is 3.43. The fraction of sp³-hybridized carbons (Fsp3) is 0.421. The van der Waals surface area contributed by atoms with Gasteiger partial charge in [-0.05, 0) is 67.3 Å². The lowest BCUT2D eigenvalue weighted by atomic mass is 9.81. The van der Waals surface area contributed by atoms with Crippen molar-refractivity contribution in [1.82, 2.24) is 56.7 Å². The van der Waals surface area contributed by atoms with Crippen LogP contribution in [0.15, 0.2) is 59.4 Å². The normalized spacial score (nSPS) is 18.4. The molecule has 0 spiro atoms. The van der Waals surface area contributed by atoms with Gasteiger partial charge in [0.1, 0.15) is 24.5 Å². The number of carbonyl (C=O) groups is 11. The fourth-order valence-corrected chi connectivity index (χ4v) is 11.0. The first-order chi connectivity index (χ1) is 40.8. The number of halogens is 1. The molecule has 0 bridgehead atoms. The highest BCUT2D eigenvalue weighted by molar-refractivity contribution is 6.13. The molecule has 85 heavy (non-hydrogen) atoms. The first-order valence-electron chi connectivity index (χ1n) is 27.6. The van der Waals surface area contributed by atoms with Crippen molar-refractivity contribution in [3.8, 4) is 11.4 Å². The van der Waals surface area contributed by atoms with Crippen molar-refractivity contribution in [3.05, 3.63) is 110 Å². The lowest BCUT2D eigenvalue weighted by Crippen LogP contribution is -2.53. The van der Waals surface area contributed by atoms with Crippen LogP contribution in [0.4, 0.5) is 4.39 Å². The van der Waals surface area contributed by atoms with Gasteiger partial charge in [-0.15, -0.1) is 0 Å². The molecule has 6 heterocycles.